The average Bonchev–Trinajstić information content (AvgIpc) is 2.62. The van der Waals surface area contributed by atoms with E-state index >= 15 is 0 Å². The molecule has 0 spiro atoms. The maximum Gasteiger partial charge on any atom is 0.416 e. The number of pyridine rings is 1. The topological polar surface area (TPSA) is 54.0 Å². The lowest BCUT2D eigenvalue weighted by molar-refractivity contribution is -0.137. The molecular weight excluding hydrogens is 362 g/mol. The minimum atomic E-state index is -4.44. The summed E-state index contributed by atoms with van der Waals surface area (Å²) in [6, 6.07) is 13.0. The molecule has 0 aliphatic heterocycles. The smallest absolute Gasteiger partial charge is 0.340 e. The van der Waals surface area contributed by atoms with Gasteiger partial charge in [0.05, 0.1) is 11.1 Å². The van der Waals surface area contributed by atoms with Crippen LogP contribution in [0.25, 0.3) is 0 Å². The number of rotatable bonds is 4. The molecule has 0 radical (unpaired) electrons. The molecule has 0 fully saturated rings. The fraction of sp³-hybridized carbons (Fsp3) is 0.0526. The fourth-order valence-electron chi connectivity index (χ4n) is 2.29. The van der Waals surface area contributed by atoms with Crippen LogP contribution < -0.4 is 10.6 Å². The molecule has 0 atom stereocenters. The molecule has 3 aromatic rings. The Morgan fingerprint density at radius 1 is 0.926 bits per heavy atom. The van der Waals surface area contributed by atoms with Crippen LogP contribution in [0, 0.1) is 5.82 Å². The molecule has 1 aromatic heterocycles. The van der Waals surface area contributed by atoms with Crippen molar-refractivity contribution in [2.45, 2.75) is 6.18 Å². The van der Waals surface area contributed by atoms with Gasteiger partial charge in [0, 0.05) is 17.6 Å². The Bertz CT molecular complexity index is 956. The molecule has 1 heterocycles. The number of amides is 1. The van der Waals surface area contributed by atoms with Gasteiger partial charge in [0.25, 0.3) is 5.91 Å². The normalized spacial score (nSPS) is 11.1. The third-order valence-electron chi connectivity index (χ3n) is 3.57. The second-order valence-corrected chi connectivity index (χ2v) is 5.60. The van der Waals surface area contributed by atoms with E-state index in [1.165, 1.54) is 54.7 Å². The van der Waals surface area contributed by atoms with E-state index in [2.05, 4.69) is 15.6 Å². The third kappa shape index (κ3) is 4.81. The van der Waals surface area contributed by atoms with Crippen LogP contribution in [0.15, 0.2) is 66.9 Å². The Morgan fingerprint density at radius 3 is 2.33 bits per heavy atom. The quantitative estimate of drug-likeness (QED) is 0.614. The van der Waals surface area contributed by atoms with Crippen molar-refractivity contribution < 1.29 is 22.4 Å². The van der Waals surface area contributed by atoms with Gasteiger partial charge in [-0.25, -0.2) is 9.37 Å². The van der Waals surface area contributed by atoms with Crippen LogP contribution in [-0.2, 0) is 6.18 Å². The summed E-state index contributed by atoms with van der Waals surface area (Å²) >= 11 is 0. The van der Waals surface area contributed by atoms with Gasteiger partial charge in [0.15, 0.2) is 0 Å². The van der Waals surface area contributed by atoms with Gasteiger partial charge in [-0.05, 0) is 48.5 Å². The Balaban J connectivity index is 1.69. The number of nitrogens with one attached hydrogen (secondary N) is 2. The van der Waals surface area contributed by atoms with Crippen molar-refractivity contribution in [3.8, 4) is 0 Å². The second kappa shape index (κ2) is 7.45. The molecule has 0 unspecified atom stereocenters. The van der Waals surface area contributed by atoms with Crippen LogP contribution in [-0.4, -0.2) is 10.9 Å². The van der Waals surface area contributed by atoms with Crippen molar-refractivity contribution in [2.75, 3.05) is 10.6 Å². The lowest BCUT2D eigenvalue weighted by Gasteiger charge is -2.10. The molecule has 2 aromatic carbocycles. The summed E-state index contributed by atoms with van der Waals surface area (Å²) in [5.74, 6) is -0.693. The van der Waals surface area contributed by atoms with E-state index < -0.39 is 23.5 Å². The lowest BCUT2D eigenvalue weighted by atomic mass is 10.2. The third-order valence-corrected chi connectivity index (χ3v) is 3.57. The van der Waals surface area contributed by atoms with Crippen molar-refractivity contribution in [3.05, 3.63) is 83.8 Å². The van der Waals surface area contributed by atoms with Gasteiger partial charge in [-0.3, -0.25) is 4.79 Å². The van der Waals surface area contributed by atoms with Crippen LogP contribution in [0.1, 0.15) is 15.9 Å². The van der Waals surface area contributed by atoms with Crippen molar-refractivity contribution in [1.82, 2.24) is 4.98 Å². The summed E-state index contributed by atoms with van der Waals surface area (Å²) in [4.78, 5) is 16.1. The average molecular weight is 375 g/mol. The molecule has 2 N–H and O–H groups in total. The lowest BCUT2D eigenvalue weighted by Crippen LogP contribution is -2.12. The molecule has 27 heavy (non-hydrogen) atoms. The number of hydrogen-bond acceptors (Lipinski definition) is 3. The fourth-order valence-corrected chi connectivity index (χ4v) is 2.29. The molecule has 1 amide bonds. The van der Waals surface area contributed by atoms with Crippen molar-refractivity contribution in [3.63, 3.8) is 0 Å². The summed E-state index contributed by atoms with van der Waals surface area (Å²) in [5, 5.41) is 5.28. The van der Waals surface area contributed by atoms with Crippen molar-refractivity contribution in [2.24, 2.45) is 0 Å². The molecule has 0 saturated heterocycles. The predicted molar refractivity (Wildman–Crippen MR) is 93.3 cm³/mol. The van der Waals surface area contributed by atoms with E-state index in [0.29, 0.717) is 5.69 Å². The number of alkyl halides is 3. The number of hydrogen-bond donors (Lipinski definition) is 2. The number of benzene rings is 2. The highest BCUT2D eigenvalue weighted by atomic mass is 19.4. The SMILES string of the molecule is O=C(Nc1cccc(F)c1)c1ccc(Nc2cccc(C(F)(F)F)c2)nc1. The van der Waals surface area contributed by atoms with Gasteiger partial charge in [-0.1, -0.05) is 12.1 Å². The van der Waals surface area contributed by atoms with Gasteiger partial charge < -0.3 is 10.6 Å². The first-order chi connectivity index (χ1) is 12.8. The van der Waals surface area contributed by atoms with Gasteiger partial charge in [0.1, 0.15) is 11.6 Å². The molecule has 4 nitrogen and oxygen atoms in total. The molecule has 0 bridgehead atoms. The summed E-state index contributed by atoms with van der Waals surface area (Å²) < 4.78 is 51.4. The zero-order valence-corrected chi connectivity index (χ0v) is 13.7. The van der Waals surface area contributed by atoms with E-state index in [1.807, 2.05) is 0 Å². The van der Waals surface area contributed by atoms with Gasteiger partial charge in [-0.2, -0.15) is 13.2 Å². The Kier molecular flexibility index (Phi) is 5.07. The highest BCUT2D eigenvalue weighted by Crippen LogP contribution is 2.31. The van der Waals surface area contributed by atoms with Crippen molar-refractivity contribution in [1.29, 1.82) is 0 Å². The van der Waals surface area contributed by atoms with E-state index in [4.69, 9.17) is 0 Å². The van der Waals surface area contributed by atoms with E-state index in [-0.39, 0.29) is 17.1 Å². The first-order valence-electron chi connectivity index (χ1n) is 7.78. The van der Waals surface area contributed by atoms with Gasteiger partial charge >= 0.3 is 6.18 Å². The van der Waals surface area contributed by atoms with Crippen LogP contribution in [0.3, 0.4) is 0 Å². The highest BCUT2D eigenvalue weighted by molar-refractivity contribution is 6.04. The summed E-state index contributed by atoms with van der Waals surface area (Å²) in [6.07, 6.45) is -3.17. The van der Waals surface area contributed by atoms with Crippen molar-refractivity contribution >= 4 is 23.1 Å². The number of anilines is 3. The summed E-state index contributed by atoms with van der Waals surface area (Å²) in [6.45, 7) is 0. The molecule has 0 saturated carbocycles. The Hall–Kier alpha value is -3.42. The molecular formula is C19H13F4N3O. The largest absolute Gasteiger partial charge is 0.416 e. The first-order valence-corrected chi connectivity index (χ1v) is 7.78. The van der Waals surface area contributed by atoms with Crippen LogP contribution in [0.4, 0.5) is 34.8 Å². The monoisotopic (exact) mass is 375 g/mol. The molecule has 0 aliphatic carbocycles. The zero-order valence-electron chi connectivity index (χ0n) is 13.7. The van der Waals surface area contributed by atoms with Gasteiger partial charge in [0.2, 0.25) is 0 Å². The zero-order chi connectivity index (χ0) is 19.4. The number of nitrogens with zero attached hydrogens (tertiary/aromatic N) is 1. The maximum absolute atomic E-state index is 13.1. The van der Waals surface area contributed by atoms with E-state index in [9.17, 15) is 22.4 Å². The maximum atomic E-state index is 13.1. The Morgan fingerprint density at radius 2 is 1.67 bits per heavy atom. The van der Waals surface area contributed by atoms with Crippen LogP contribution in [0.5, 0.6) is 0 Å². The summed E-state index contributed by atoms with van der Waals surface area (Å²) in [7, 11) is 0. The van der Waals surface area contributed by atoms with Crippen LogP contribution >= 0.6 is 0 Å². The standard InChI is InChI=1S/C19H13F4N3O/c20-14-4-2-6-16(10-14)26-18(27)12-7-8-17(24-11-12)25-15-5-1-3-13(9-15)19(21,22)23/h1-11H,(H,24,25)(H,26,27). The molecule has 8 heteroatoms. The minimum Gasteiger partial charge on any atom is -0.340 e. The highest BCUT2D eigenvalue weighted by Gasteiger charge is 2.30. The second-order valence-electron chi connectivity index (χ2n) is 5.60. The molecule has 3 rings (SSSR count). The van der Waals surface area contributed by atoms with Gasteiger partial charge in [-0.15, -0.1) is 0 Å². The molecule has 0 aliphatic rings. The number of carbonyl (C=O) groups is 1. The predicted octanol–water partition coefficient (Wildman–Crippen LogP) is 5.24. The Labute approximate surface area is 151 Å². The number of halogens is 4. The van der Waals surface area contributed by atoms with E-state index in [0.717, 1.165) is 12.1 Å². The molecule has 138 valence electrons. The van der Waals surface area contributed by atoms with Crippen LogP contribution in [0.2, 0.25) is 0 Å². The minimum absolute atomic E-state index is 0.217. The van der Waals surface area contributed by atoms with E-state index in [1.54, 1.807) is 0 Å². The number of carbonyl (C=O) groups excluding carboxylic acids is 1. The summed E-state index contributed by atoms with van der Waals surface area (Å²) in [5.41, 5.74) is -0.0482. The number of aromatic nitrogens is 1. The first kappa shape index (κ1) is 18.4.